The highest BCUT2D eigenvalue weighted by Gasteiger charge is 1.99. The third kappa shape index (κ3) is 33.8. The van der Waals surface area contributed by atoms with Crippen LogP contribution in [0.15, 0.2) is 0 Å². The Hall–Kier alpha value is -0.170. The van der Waals surface area contributed by atoms with E-state index < -0.39 is 22.0 Å². The fraction of sp³-hybridized carbons (Fsp3) is 1.00. The number of hydrogen-bond donors (Lipinski definition) is 2. The molecule has 0 bridgehead atoms. The first-order chi connectivity index (χ1) is 12.7. The lowest BCUT2D eigenvalue weighted by molar-refractivity contribution is -0.858. The molecule has 0 saturated heterocycles. The Morgan fingerprint density at radius 3 is 1.33 bits per heavy atom. The van der Waals surface area contributed by atoms with E-state index in [-0.39, 0.29) is 0 Å². The standard InChI is InChI=1S/C18H39N.C3H8O4S/c1-4-5-6-7-8-9-10-11-12-13-14-15-16-17-18-19(2)3;1-3(4)2-8(5,6)7/h4-18H2,1-3H3;3-4H,2H2,1H3,(H,5,6,7). The molecule has 0 aromatic rings. The van der Waals surface area contributed by atoms with Crippen molar-refractivity contribution >= 4 is 10.1 Å². The zero-order valence-corrected chi connectivity index (χ0v) is 19.3. The van der Waals surface area contributed by atoms with E-state index in [1.165, 1.54) is 103 Å². The van der Waals surface area contributed by atoms with Gasteiger partial charge in [-0.2, -0.15) is 0 Å². The van der Waals surface area contributed by atoms with E-state index in [9.17, 15) is 13.0 Å². The monoisotopic (exact) mass is 409 g/mol. The van der Waals surface area contributed by atoms with Crippen molar-refractivity contribution in [2.24, 2.45) is 0 Å². The first kappa shape index (κ1) is 29.0. The second kappa shape index (κ2) is 20.6. The number of aliphatic hydroxyl groups excluding tert-OH is 1. The first-order valence-electron chi connectivity index (χ1n) is 11.1. The summed E-state index contributed by atoms with van der Waals surface area (Å²) in [6.45, 7) is 4.88. The highest BCUT2D eigenvalue weighted by Crippen LogP contribution is 2.12. The molecule has 1 unspecified atom stereocenters. The Kier molecular flexibility index (Phi) is 22.1. The maximum atomic E-state index is 9.73. The molecule has 6 heteroatoms. The normalized spacial score (nSPS) is 12.7. The highest BCUT2D eigenvalue weighted by molar-refractivity contribution is 7.85. The molecule has 0 aliphatic heterocycles. The van der Waals surface area contributed by atoms with Gasteiger partial charge in [0.1, 0.15) is 0 Å². The fourth-order valence-electron chi connectivity index (χ4n) is 2.97. The van der Waals surface area contributed by atoms with Gasteiger partial charge in [0.2, 0.25) is 0 Å². The summed E-state index contributed by atoms with van der Waals surface area (Å²) in [6, 6.07) is 0. The molecule has 27 heavy (non-hydrogen) atoms. The molecule has 0 saturated carbocycles. The number of nitrogens with one attached hydrogen (secondary N) is 1. The fourth-order valence-corrected chi connectivity index (χ4v) is 3.56. The van der Waals surface area contributed by atoms with E-state index in [4.69, 9.17) is 5.11 Å². The van der Waals surface area contributed by atoms with Crippen molar-refractivity contribution in [3.8, 4) is 0 Å². The molecule has 5 nitrogen and oxygen atoms in total. The van der Waals surface area contributed by atoms with Crippen molar-refractivity contribution in [1.29, 1.82) is 0 Å². The summed E-state index contributed by atoms with van der Waals surface area (Å²) in [7, 11) is 0.281. The zero-order valence-electron chi connectivity index (χ0n) is 18.5. The Morgan fingerprint density at radius 2 is 1.11 bits per heavy atom. The van der Waals surface area contributed by atoms with E-state index in [1.54, 1.807) is 4.90 Å². The van der Waals surface area contributed by atoms with Crippen molar-refractivity contribution < 1.29 is 23.0 Å². The van der Waals surface area contributed by atoms with Crippen LogP contribution in [0.3, 0.4) is 0 Å². The van der Waals surface area contributed by atoms with Crippen LogP contribution in [0.1, 0.15) is 104 Å². The van der Waals surface area contributed by atoms with Gasteiger partial charge < -0.3 is 14.6 Å². The van der Waals surface area contributed by atoms with Crippen LogP contribution in [0.4, 0.5) is 0 Å². The van der Waals surface area contributed by atoms with Crippen molar-refractivity contribution in [2.45, 2.75) is 110 Å². The minimum atomic E-state index is -4.22. The van der Waals surface area contributed by atoms with Crippen LogP contribution in [-0.4, -0.2) is 50.6 Å². The molecular weight excluding hydrogens is 362 g/mol. The molecule has 0 amide bonds. The molecule has 0 rings (SSSR count). The summed E-state index contributed by atoms with van der Waals surface area (Å²) < 4.78 is 29.2. The third-order valence-corrected chi connectivity index (χ3v) is 5.37. The highest BCUT2D eigenvalue weighted by atomic mass is 32.2. The molecule has 0 spiro atoms. The van der Waals surface area contributed by atoms with E-state index in [0.29, 0.717) is 0 Å². The van der Waals surface area contributed by atoms with Crippen molar-refractivity contribution in [3.63, 3.8) is 0 Å². The van der Waals surface area contributed by atoms with Crippen molar-refractivity contribution in [1.82, 2.24) is 0 Å². The molecule has 1 atom stereocenters. The lowest BCUT2D eigenvalue weighted by Gasteiger charge is -2.06. The number of unbranched alkanes of at least 4 members (excludes halogenated alkanes) is 13. The average molecular weight is 410 g/mol. The number of quaternary nitrogens is 1. The second-order valence-corrected chi connectivity index (χ2v) is 9.58. The van der Waals surface area contributed by atoms with Crippen LogP contribution in [0.25, 0.3) is 0 Å². The smallest absolute Gasteiger partial charge is 0.0971 e. The summed E-state index contributed by atoms with van der Waals surface area (Å²) in [5.41, 5.74) is 0. The van der Waals surface area contributed by atoms with Crippen LogP contribution < -0.4 is 4.90 Å². The minimum Gasteiger partial charge on any atom is -0.748 e. The Morgan fingerprint density at radius 1 is 0.778 bits per heavy atom. The molecule has 0 aromatic heterocycles. The van der Waals surface area contributed by atoms with E-state index in [2.05, 4.69) is 21.0 Å². The third-order valence-electron chi connectivity index (χ3n) is 4.48. The average Bonchev–Trinajstić information content (AvgIpc) is 2.53. The van der Waals surface area contributed by atoms with Gasteiger partial charge in [-0.05, 0) is 19.8 Å². The summed E-state index contributed by atoms with van der Waals surface area (Å²) in [6.07, 6.45) is 19.4. The van der Waals surface area contributed by atoms with Crippen LogP contribution in [0, 0.1) is 0 Å². The molecule has 0 aromatic carbocycles. The SMILES string of the molecule is CC(O)CS(=O)(=O)[O-].CCCCCCCCCCCCCCCC[NH+](C)C. The van der Waals surface area contributed by atoms with E-state index >= 15 is 0 Å². The van der Waals surface area contributed by atoms with Gasteiger partial charge in [-0.25, -0.2) is 8.42 Å². The summed E-state index contributed by atoms with van der Waals surface area (Å²) >= 11 is 0. The van der Waals surface area contributed by atoms with E-state index in [1.807, 2.05) is 0 Å². The summed E-state index contributed by atoms with van der Waals surface area (Å²) in [5, 5.41) is 8.31. The predicted molar refractivity (Wildman–Crippen MR) is 114 cm³/mol. The predicted octanol–water partition coefficient (Wildman–Crippen LogP) is 3.52. The van der Waals surface area contributed by atoms with Gasteiger partial charge in [0, 0.05) is 0 Å². The van der Waals surface area contributed by atoms with Gasteiger partial charge in [-0.1, -0.05) is 84.0 Å². The number of hydrogen-bond acceptors (Lipinski definition) is 4. The van der Waals surface area contributed by atoms with Crippen molar-refractivity contribution in [2.75, 3.05) is 26.4 Å². The topological polar surface area (TPSA) is 81.9 Å². The summed E-state index contributed by atoms with van der Waals surface area (Å²) in [5.74, 6) is -0.701. The number of aliphatic hydroxyl groups is 1. The maximum Gasteiger partial charge on any atom is 0.0971 e. The molecule has 0 aliphatic rings. The molecule has 0 fully saturated rings. The van der Waals surface area contributed by atoms with Crippen LogP contribution in [0.5, 0.6) is 0 Å². The van der Waals surface area contributed by atoms with Gasteiger partial charge in [-0.3, -0.25) is 0 Å². The van der Waals surface area contributed by atoms with E-state index in [0.717, 1.165) is 0 Å². The van der Waals surface area contributed by atoms with Gasteiger partial charge >= 0.3 is 0 Å². The maximum absolute atomic E-state index is 9.73. The Labute approximate surface area is 169 Å². The quantitative estimate of drug-likeness (QED) is 0.284. The Bertz CT molecular complexity index is 384. The number of rotatable bonds is 17. The summed E-state index contributed by atoms with van der Waals surface area (Å²) in [4.78, 5) is 1.60. The van der Waals surface area contributed by atoms with Gasteiger partial charge in [0.05, 0.1) is 42.6 Å². The lowest BCUT2D eigenvalue weighted by Crippen LogP contribution is -3.05. The van der Waals surface area contributed by atoms with Gasteiger partial charge in [-0.15, -0.1) is 0 Å². The largest absolute Gasteiger partial charge is 0.748 e. The minimum absolute atomic E-state index is 0.701. The first-order valence-corrected chi connectivity index (χ1v) is 12.7. The molecule has 0 aliphatic carbocycles. The zero-order chi connectivity index (χ0) is 21.0. The van der Waals surface area contributed by atoms with Crippen LogP contribution in [0.2, 0.25) is 0 Å². The van der Waals surface area contributed by atoms with Crippen molar-refractivity contribution in [3.05, 3.63) is 0 Å². The van der Waals surface area contributed by atoms with Gasteiger partial charge in [0.15, 0.2) is 0 Å². The molecule has 2 N–H and O–H groups in total. The van der Waals surface area contributed by atoms with Crippen LogP contribution in [-0.2, 0) is 10.1 Å². The Balaban J connectivity index is 0. The van der Waals surface area contributed by atoms with Crippen LogP contribution >= 0.6 is 0 Å². The van der Waals surface area contributed by atoms with Gasteiger partial charge in [0.25, 0.3) is 0 Å². The second-order valence-electron chi connectivity index (χ2n) is 8.13. The molecule has 0 heterocycles. The lowest BCUT2D eigenvalue weighted by atomic mass is 10.0. The molecular formula is C21H47NO4S. The molecule has 0 radical (unpaired) electrons. The molecule has 166 valence electrons.